The summed E-state index contributed by atoms with van der Waals surface area (Å²) in [5.74, 6) is -0.0325. The summed E-state index contributed by atoms with van der Waals surface area (Å²) in [4.78, 5) is 39.2. The number of nitrogens with one attached hydrogen (secondary N) is 2. The number of carbonyl (C=O) groups excluding carboxylic acids is 3. The number of anilines is 1. The van der Waals surface area contributed by atoms with Gasteiger partial charge in [0.05, 0.1) is 6.61 Å². The third-order valence-corrected chi connectivity index (χ3v) is 4.51. The number of carbonyl (C=O) groups is 3. The van der Waals surface area contributed by atoms with E-state index in [0.29, 0.717) is 51.3 Å². The number of hydrogen-bond donors (Lipinski definition) is 2. The van der Waals surface area contributed by atoms with Crippen LogP contribution in [0, 0.1) is 0 Å². The minimum absolute atomic E-state index is 0.0325. The zero-order valence-corrected chi connectivity index (χ0v) is 15.9. The molecule has 0 bridgehead atoms. The highest BCUT2D eigenvalue weighted by Crippen LogP contribution is 2.17. The van der Waals surface area contributed by atoms with Gasteiger partial charge in [0, 0.05) is 44.8 Å². The summed E-state index contributed by atoms with van der Waals surface area (Å²) in [6.45, 7) is 5.59. The van der Waals surface area contributed by atoms with Crippen molar-refractivity contribution < 1.29 is 19.1 Å². The van der Waals surface area contributed by atoms with Gasteiger partial charge in [-0.3, -0.25) is 4.79 Å². The maximum Gasteiger partial charge on any atom is 0.409 e. The number of nitrogens with zero attached hydrogens (tertiary/aromatic N) is 2. The molecule has 1 fully saturated rings. The Kier molecular flexibility index (Phi) is 7.91. The van der Waals surface area contributed by atoms with Crippen LogP contribution in [-0.2, 0) is 9.53 Å². The Morgan fingerprint density at radius 1 is 1.19 bits per heavy atom. The average Bonchev–Trinajstić information content (AvgIpc) is 2.66. The number of ether oxygens (including phenoxy) is 1. The molecule has 0 unspecified atom stereocenters. The van der Waals surface area contributed by atoms with Gasteiger partial charge >= 0.3 is 12.1 Å². The van der Waals surface area contributed by atoms with Crippen molar-refractivity contribution >= 4 is 23.7 Å². The van der Waals surface area contributed by atoms with Crippen molar-refractivity contribution in [2.45, 2.75) is 32.7 Å². The van der Waals surface area contributed by atoms with Gasteiger partial charge in [-0.15, -0.1) is 0 Å². The van der Waals surface area contributed by atoms with Crippen molar-refractivity contribution in [3.63, 3.8) is 0 Å². The van der Waals surface area contributed by atoms with Gasteiger partial charge in [-0.25, -0.2) is 9.59 Å². The molecule has 2 rings (SSSR count). The lowest BCUT2D eigenvalue weighted by molar-refractivity contribution is -0.131. The first kappa shape index (κ1) is 20.5. The smallest absolute Gasteiger partial charge is 0.409 e. The van der Waals surface area contributed by atoms with Crippen LogP contribution in [0.2, 0.25) is 0 Å². The summed E-state index contributed by atoms with van der Waals surface area (Å²) < 4.78 is 5.02. The van der Waals surface area contributed by atoms with E-state index in [9.17, 15) is 14.4 Å². The van der Waals surface area contributed by atoms with E-state index in [4.69, 9.17) is 4.74 Å². The number of rotatable bonds is 6. The molecular weight excluding hydrogens is 348 g/mol. The Morgan fingerprint density at radius 3 is 2.44 bits per heavy atom. The van der Waals surface area contributed by atoms with Crippen LogP contribution < -0.4 is 10.6 Å². The molecule has 0 radical (unpaired) electrons. The fourth-order valence-corrected chi connectivity index (χ4v) is 3.16. The minimum atomic E-state index is -0.304. The second-order valence-corrected chi connectivity index (χ2v) is 6.38. The van der Waals surface area contributed by atoms with Crippen molar-refractivity contribution in [2.24, 2.45) is 0 Å². The molecule has 1 aromatic carbocycles. The first-order valence-electron chi connectivity index (χ1n) is 9.30. The number of amides is 4. The Bertz CT molecular complexity index is 630. The molecule has 1 aliphatic rings. The Balaban J connectivity index is 1.76. The molecule has 1 aromatic rings. The highest BCUT2D eigenvalue weighted by molar-refractivity contribution is 5.89. The molecular formula is C19H28N4O4. The van der Waals surface area contributed by atoms with Crippen LogP contribution >= 0.6 is 0 Å². The summed E-state index contributed by atoms with van der Waals surface area (Å²) in [5, 5.41) is 5.51. The summed E-state index contributed by atoms with van der Waals surface area (Å²) in [6.07, 6.45) is 1.10. The lowest BCUT2D eigenvalue weighted by atomic mass is 10.0. The number of likely N-dealkylation sites (tertiary alicyclic amines) is 1. The molecule has 0 spiro atoms. The third-order valence-electron chi connectivity index (χ3n) is 4.51. The van der Waals surface area contributed by atoms with Gasteiger partial charge < -0.3 is 25.2 Å². The van der Waals surface area contributed by atoms with Crippen LogP contribution in [0.1, 0.15) is 26.7 Å². The number of hydrogen-bond acceptors (Lipinski definition) is 4. The standard InChI is InChI=1S/C19H28N4O4/c1-3-27-19(26)22-12-9-17(10-13-22)23(15(2)24)14-11-20-18(25)21-16-7-5-4-6-8-16/h4-8,17H,3,9-14H2,1-2H3,(H2,20,21,25). The van der Waals surface area contributed by atoms with Crippen LogP contribution in [-0.4, -0.2) is 66.7 Å². The second-order valence-electron chi connectivity index (χ2n) is 6.38. The van der Waals surface area contributed by atoms with Crippen molar-refractivity contribution in [3.05, 3.63) is 30.3 Å². The molecule has 2 N–H and O–H groups in total. The molecule has 27 heavy (non-hydrogen) atoms. The maximum absolute atomic E-state index is 12.0. The summed E-state index contributed by atoms with van der Waals surface area (Å²) in [7, 11) is 0. The molecule has 8 nitrogen and oxygen atoms in total. The van der Waals surface area contributed by atoms with E-state index in [-0.39, 0.29) is 24.1 Å². The maximum atomic E-state index is 12.0. The lowest BCUT2D eigenvalue weighted by Gasteiger charge is -2.37. The van der Waals surface area contributed by atoms with Gasteiger partial charge in [-0.2, -0.15) is 0 Å². The summed E-state index contributed by atoms with van der Waals surface area (Å²) >= 11 is 0. The molecule has 1 saturated heterocycles. The average molecular weight is 376 g/mol. The number of para-hydroxylation sites is 1. The van der Waals surface area contributed by atoms with E-state index in [2.05, 4.69) is 10.6 Å². The van der Waals surface area contributed by atoms with E-state index in [1.165, 1.54) is 6.92 Å². The van der Waals surface area contributed by atoms with Gasteiger partial charge in [0.1, 0.15) is 0 Å². The summed E-state index contributed by atoms with van der Waals surface area (Å²) in [5.41, 5.74) is 0.713. The van der Waals surface area contributed by atoms with E-state index >= 15 is 0 Å². The molecule has 4 amide bonds. The topological polar surface area (TPSA) is 91.0 Å². The molecule has 148 valence electrons. The van der Waals surface area contributed by atoms with Crippen LogP contribution in [0.3, 0.4) is 0 Å². The molecule has 0 saturated carbocycles. The van der Waals surface area contributed by atoms with Gasteiger partial charge in [-0.1, -0.05) is 18.2 Å². The second kappa shape index (κ2) is 10.4. The van der Waals surface area contributed by atoms with E-state index in [1.807, 2.05) is 18.2 Å². The van der Waals surface area contributed by atoms with Gasteiger partial charge in [0.25, 0.3) is 0 Å². The van der Waals surface area contributed by atoms with Crippen LogP contribution in [0.15, 0.2) is 30.3 Å². The molecule has 1 heterocycles. The fraction of sp³-hybridized carbons (Fsp3) is 0.526. The third kappa shape index (κ3) is 6.47. The normalized spacial score (nSPS) is 14.4. The van der Waals surface area contributed by atoms with Crippen LogP contribution in [0.25, 0.3) is 0 Å². The Labute approximate surface area is 159 Å². The molecule has 0 atom stereocenters. The van der Waals surface area contributed by atoms with E-state index in [1.54, 1.807) is 28.9 Å². The number of piperidine rings is 1. The number of benzene rings is 1. The van der Waals surface area contributed by atoms with Crippen molar-refractivity contribution in [2.75, 3.05) is 38.1 Å². The van der Waals surface area contributed by atoms with Crippen LogP contribution in [0.5, 0.6) is 0 Å². The van der Waals surface area contributed by atoms with Gasteiger partial charge in [0.2, 0.25) is 5.91 Å². The van der Waals surface area contributed by atoms with Crippen LogP contribution in [0.4, 0.5) is 15.3 Å². The predicted octanol–water partition coefficient (Wildman–Crippen LogP) is 2.28. The molecule has 8 heteroatoms. The van der Waals surface area contributed by atoms with Gasteiger partial charge in [-0.05, 0) is 31.9 Å². The fourth-order valence-electron chi connectivity index (χ4n) is 3.16. The highest BCUT2D eigenvalue weighted by atomic mass is 16.6. The highest BCUT2D eigenvalue weighted by Gasteiger charge is 2.28. The van der Waals surface area contributed by atoms with Crippen molar-refractivity contribution in [1.82, 2.24) is 15.1 Å². The molecule has 1 aliphatic heterocycles. The largest absolute Gasteiger partial charge is 0.450 e. The molecule has 0 aromatic heterocycles. The van der Waals surface area contributed by atoms with E-state index in [0.717, 1.165) is 0 Å². The Morgan fingerprint density at radius 2 is 1.85 bits per heavy atom. The monoisotopic (exact) mass is 376 g/mol. The lowest BCUT2D eigenvalue weighted by Crippen LogP contribution is -2.50. The summed E-state index contributed by atoms with van der Waals surface area (Å²) in [6, 6.07) is 8.93. The first-order chi connectivity index (χ1) is 13.0. The van der Waals surface area contributed by atoms with Gasteiger partial charge in [0.15, 0.2) is 0 Å². The first-order valence-corrected chi connectivity index (χ1v) is 9.30. The SMILES string of the molecule is CCOC(=O)N1CCC(N(CCNC(=O)Nc2ccccc2)C(C)=O)CC1. The van der Waals surface area contributed by atoms with Crippen molar-refractivity contribution in [1.29, 1.82) is 0 Å². The van der Waals surface area contributed by atoms with E-state index < -0.39 is 0 Å². The zero-order valence-electron chi connectivity index (χ0n) is 15.9. The zero-order chi connectivity index (χ0) is 19.6. The quantitative estimate of drug-likeness (QED) is 0.797. The molecule has 0 aliphatic carbocycles. The van der Waals surface area contributed by atoms with Crippen molar-refractivity contribution in [3.8, 4) is 0 Å². The number of urea groups is 1. The Hall–Kier alpha value is -2.77. The predicted molar refractivity (Wildman–Crippen MR) is 102 cm³/mol. The minimum Gasteiger partial charge on any atom is -0.450 e.